The molecule has 7 nitrogen and oxygen atoms in total. The van der Waals surface area contributed by atoms with Crippen molar-refractivity contribution in [2.75, 3.05) is 11.9 Å². The van der Waals surface area contributed by atoms with Gasteiger partial charge in [0.05, 0.1) is 6.10 Å². The van der Waals surface area contributed by atoms with Crippen LogP contribution >= 0.6 is 0 Å². The van der Waals surface area contributed by atoms with E-state index in [-0.39, 0.29) is 6.42 Å². The smallest absolute Gasteiger partial charge is 0.378 e. The number of aromatic nitrogens is 2. The molecule has 3 rings (SSSR count). The molecule has 1 aromatic heterocycles. The number of rotatable bonds is 5. The molecule has 1 aliphatic rings. The SMILES string of the molecule is Cc1nc(-c2cccc(NC(=O)NC(CC3CCCO3)C(F)(F)F)c2)no1. The molecule has 2 heterocycles. The van der Waals surface area contributed by atoms with Crippen LogP contribution in [0, 0.1) is 6.92 Å². The standard InChI is InChI=1S/C17H19F3N4O3/c1-10-21-15(24-27-10)11-4-2-5-12(8-11)22-16(25)23-14(17(18,19)20)9-13-6-3-7-26-13/h2,4-5,8,13-14H,3,6-7,9H2,1H3,(H2,22,23,25). The molecule has 1 fully saturated rings. The van der Waals surface area contributed by atoms with Crippen LogP contribution in [0.3, 0.4) is 0 Å². The van der Waals surface area contributed by atoms with Gasteiger partial charge in [-0.2, -0.15) is 18.2 Å². The third-order valence-electron chi connectivity index (χ3n) is 4.13. The quantitative estimate of drug-likeness (QED) is 0.821. The fourth-order valence-electron chi connectivity index (χ4n) is 2.85. The van der Waals surface area contributed by atoms with Crippen molar-refractivity contribution in [3.63, 3.8) is 0 Å². The van der Waals surface area contributed by atoms with Crippen LogP contribution in [0.25, 0.3) is 11.4 Å². The van der Waals surface area contributed by atoms with Crippen LogP contribution in [0.1, 0.15) is 25.2 Å². The highest BCUT2D eigenvalue weighted by Crippen LogP contribution is 2.27. The highest BCUT2D eigenvalue weighted by Gasteiger charge is 2.42. The summed E-state index contributed by atoms with van der Waals surface area (Å²) in [6, 6.07) is 3.50. The summed E-state index contributed by atoms with van der Waals surface area (Å²) < 4.78 is 49.9. The molecule has 146 valence electrons. The van der Waals surface area contributed by atoms with Crippen LogP contribution < -0.4 is 10.6 Å². The van der Waals surface area contributed by atoms with Crippen molar-refractivity contribution in [2.24, 2.45) is 0 Å². The predicted octanol–water partition coefficient (Wildman–Crippen LogP) is 3.67. The van der Waals surface area contributed by atoms with Crippen molar-refractivity contribution in [2.45, 2.75) is 44.5 Å². The summed E-state index contributed by atoms with van der Waals surface area (Å²) in [4.78, 5) is 16.2. The molecule has 0 saturated carbocycles. The minimum Gasteiger partial charge on any atom is -0.378 e. The Morgan fingerprint density at radius 2 is 2.22 bits per heavy atom. The Labute approximate surface area is 153 Å². The zero-order valence-electron chi connectivity index (χ0n) is 14.5. The van der Waals surface area contributed by atoms with E-state index in [1.807, 2.05) is 5.32 Å². The zero-order chi connectivity index (χ0) is 19.4. The predicted molar refractivity (Wildman–Crippen MR) is 90.1 cm³/mol. The summed E-state index contributed by atoms with van der Waals surface area (Å²) in [5, 5.41) is 8.17. The van der Waals surface area contributed by atoms with Crippen molar-refractivity contribution in [1.82, 2.24) is 15.5 Å². The summed E-state index contributed by atoms with van der Waals surface area (Å²) in [6.07, 6.45) is -4.08. The molecule has 1 aromatic carbocycles. The van der Waals surface area contributed by atoms with E-state index in [0.29, 0.717) is 36.0 Å². The van der Waals surface area contributed by atoms with Crippen LogP contribution in [0.5, 0.6) is 0 Å². The monoisotopic (exact) mass is 384 g/mol. The normalized spacial score (nSPS) is 18.3. The van der Waals surface area contributed by atoms with E-state index in [1.54, 1.807) is 31.2 Å². The van der Waals surface area contributed by atoms with Gasteiger partial charge in [0.1, 0.15) is 6.04 Å². The van der Waals surface area contributed by atoms with Crippen molar-refractivity contribution in [1.29, 1.82) is 0 Å². The zero-order valence-corrected chi connectivity index (χ0v) is 14.5. The summed E-state index contributed by atoms with van der Waals surface area (Å²) in [7, 11) is 0. The number of urea groups is 1. The van der Waals surface area contributed by atoms with E-state index >= 15 is 0 Å². The van der Waals surface area contributed by atoms with Crippen LogP contribution in [0.4, 0.5) is 23.7 Å². The number of nitrogens with one attached hydrogen (secondary N) is 2. The van der Waals surface area contributed by atoms with E-state index < -0.39 is 24.4 Å². The molecule has 0 aliphatic carbocycles. The molecule has 2 atom stereocenters. The number of nitrogens with zero attached hydrogens (tertiary/aromatic N) is 2. The topological polar surface area (TPSA) is 89.3 Å². The molecule has 10 heteroatoms. The van der Waals surface area contributed by atoms with Crippen molar-refractivity contribution in [3.8, 4) is 11.4 Å². The number of amides is 2. The van der Waals surface area contributed by atoms with Crippen LogP contribution in [0.2, 0.25) is 0 Å². The van der Waals surface area contributed by atoms with Gasteiger partial charge in [-0.1, -0.05) is 17.3 Å². The van der Waals surface area contributed by atoms with Crippen molar-refractivity contribution < 1.29 is 27.2 Å². The van der Waals surface area contributed by atoms with E-state index in [9.17, 15) is 18.0 Å². The maximum Gasteiger partial charge on any atom is 0.408 e. The number of ether oxygens (including phenoxy) is 1. The maximum absolute atomic E-state index is 13.2. The summed E-state index contributed by atoms with van der Waals surface area (Å²) in [5.74, 6) is 0.700. The van der Waals surface area contributed by atoms with Gasteiger partial charge < -0.3 is 19.9 Å². The average Bonchev–Trinajstić information content (AvgIpc) is 3.25. The number of hydrogen-bond donors (Lipinski definition) is 2. The van der Waals surface area contributed by atoms with Crippen LogP contribution in [-0.4, -0.2) is 41.1 Å². The Bertz CT molecular complexity index is 788. The minimum atomic E-state index is -4.56. The number of carbonyl (C=O) groups excluding carboxylic acids is 1. The Hall–Kier alpha value is -2.62. The first kappa shape index (κ1) is 19.2. The lowest BCUT2D eigenvalue weighted by Gasteiger charge is -2.24. The van der Waals surface area contributed by atoms with Crippen LogP contribution in [-0.2, 0) is 4.74 Å². The Morgan fingerprint density at radius 1 is 1.41 bits per heavy atom. The molecule has 27 heavy (non-hydrogen) atoms. The fourth-order valence-corrected chi connectivity index (χ4v) is 2.85. The van der Waals surface area contributed by atoms with Gasteiger partial charge in [-0.3, -0.25) is 0 Å². The third-order valence-corrected chi connectivity index (χ3v) is 4.13. The molecule has 1 saturated heterocycles. The number of halogens is 3. The van der Waals surface area contributed by atoms with Gasteiger partial charge in [-0.25, -0.2) is 4.79 Å². The average molecular weight is 384 g/mol. The number of aryl methyl sites for hydroxylation is 1. The van der Waals surface area contributed by atoms with Gasteiger partial charge in [0, 0.05) is 31.2 Å². The lowest BCUT2D eigenvalue weighted by molar-refractivity contribution is -0.159. The first-order chi connectivity index (χ1) is 12.8. The van der Waals surface area contributed by atoms with E-state index in [1.165, 1.54) is 0 Å². The molecule has 0 spiro atoms. The van der Waals surface area contributed by atoms with Gasteiger partial charge in [0.25, 0.3) is 0 Å². The third kappa shape index (κ3) is 5.19. The number of carbonyl (C=O) groups is 1. The number of benzene rings is 1. The molecule has 0 bridgehead atoms. The molecule has 2 amide bonds. The number of alkyl halides is 3. The number of hydrogen-bond acceptors (Lipinski definition) is 5. The summed E-state index contributed by atoms with van der Waals surface area (Å²) >= 11 is 0. The molecule has 2 unspecified atom stereocenters. The molecular weight excluding hydrogens is 365 g/mol. The second-order valence-electron chi connectivity index (χ2n) is 6.28. The lowest BCUT2D eigenvalue weighted by atomic mass is 10.1. The van der Waals surface area contributed by atoms with Gasteiger partial charge >= 0.3 is 12.2 Å². The van der Waals surface area contributed by atoms with Gasteiger partial charge in [-0.15, -0.1) is 0 Å². The second kappa shape index (κ2) is 7.95. The Balaban J connectivity index is 1.65. The molecule has 2 N–H and O–H groups in total. The first-order valence-corrected chi connectivity index (χ1v) is 8.48. The molecular formula is C17H19F3N4O3. The van der Waals surface area contributed by atoms with Gasteiger partial charge in [-0.05, 0) is 25.0 Å². The van der Waals surface area contributed by atoms with Crippen molar-refractivity contribution >= 4 is 11.7 Å². The minimum absolute atomic E-state index is 0.306. The van der Waals surface area contributed by atoms with Crippen molar-refractivity contribution in [3.05, 3.63) is 30.2 Å². The van der Waals surface area contributed by atoms with E-state index in [0.717, 1.165) is 6.42 Å². The number of anilines is 1. The highest BCUT2D eigenvalue weighted by atomic mass is 19.4. The summed E-state index contributed by atoms with van der Waals surface area (Å²) in [5.41, 5.74) is 0.877. The largest absolute Gasteiger partial charge is 0.408 e. The first-order valence-electron chi connectivity index (χ1n) is 8.48. The second-order valence-corrected chi connectivity index (χ2v) is 6.28. The van der Waals surface area contributed by atoms with E-state index in [2.05, 4.69) is 15.5 Å². The summed E-state index contributed by atoms with van der Waals surface area (Å²) in [6.45, 7) is 2.08. The fraction of sp³-hybridized carbons (Fsp3) is 0.471. The molecule has 2 aromatic rings. The molecule has 0 radical (unpaired) electrons. The van der Waals surface area contributed by atoms with Gasteiger partial charge in [0.2, 0.25) is 11.7 Å². The highest BCUT2D eigenvalue weighted by molar-refractivity contribution is 5.90. The Morgan fingerprint density at radius 3 is 2.85 bits per heavy atom. The van der Waals surface area contributed by atoms with Crippen LogP contribution in [0.15, 0.2) is 28.8 Å². The van der Waals surface area contributed by atoms with E-state index in [4.69, 9.17) is 9.26 Å². The lowest BCUT2D eigenvalue weighted by Crippen LogP contribution is -2.48. The van der Waals surface area contributed by atoms with Gasteiger partial charge in [0.15, 0.2) is 0 Å². The molecule has 1 aliphatic heterocycles. The Kier molecular flexibility index (Phi) is 5.64. The maximum atomic E-state index is 13.2.